The maximum atomic E-state index is 11.9. The number of hydrogen-bond acceptors (Lipinski definition) is 7. The Morgan fingerprint density at radius 3 is 2.30 bits per heavy atom. The average molecular weight is 586 g/mol. The molecule has 2 atom stereocenters. The Balaban J connectivity index is 1.83. The second-order valence-corrected chi connectivity index (χ2v) is 18.1. The van der Waals surface area contributed by atoms with Crippen molar-refractivity contribution in [2.24, 2.45) is 0 Å². The van der Waals surface area contributed by atoms with Crippen LogP contribution in [0.1, 0.15) is 79.1 Å². The van der Waals surface area contributed by atoms with E-state index in [2.05, 4.69) is 33.9 Å². The van der Waals surface area contributed by atoms with Crippen LogP contribution in [0.15, 0.2) is 30.3 Å². The van der Waals surface area contributed by atoms with Gasteiger partial charge in [0, 0.05) is 12.0 Å². The molecule has 0 aliphatic heterocycles. The number of methoxy groups -OCH3 is 2. The van der Waals surface area contributed by atoms with Crippen molar-refractivity contribution in [1.82, 2.24) is 4.98 Å². The zero-order valence-electron chi connectivity index (χ0n) is 25.0. The maximum Gasteiger partial charge on any atom is 0.337 e. The van der Waals surface area contributed by atoms with Crippen LogP contribution in [0, 0.1) is 6.92 Å². The molecule has 4 rings (SSSR count). The minimum atomic E-state index is -2.27. The van der Waals surface area contributed by atoms with E-state index in [1.54, 1.807) is 26.4 Å². The summed E-state index contributed by atoms with van der Waals surface area (Å²) in [7, 11) is 1.07. The second kappa shape index (κ2) is 12.2. The van der Waals surface area contributed by atoms with Crippen LogP contribution >= 0.6 is 11.3 Å². The zero-order chi connectivity index (χ0) is 29.2. The predicted octanol–water partition coefficient (Wildman–Crippen LogP) is 7.95. The van der Waals surface area contributed by atoms with Crippen LogP contribution in [-0.2, 0) is 15.6 Å². The standard InChI is InChI=1S/C31H43NO6SSi/c1-19-23(35-5)16-20(17-24(19)36-6)29(38-40(7,8)31(2,3)4)25(37-21-12-9-10-13-21)18-27-32-28-22(30(33)34)14-11-15-26(28)39-27/h11,14-17,21,25,29H,9-10,12-13,18H2,1-8H3,(H,33,34). The van der Waals surface area contributed by atoms with Crippen LogP contribution in [0.5, 0.6) is 11.5 Å². The Hall–Kier alpha value is -2.46. The number of rotatable bonds is 11. The first-order valence-corrected chi connectivity index (χ1v) is 17.7. The van der Waals surface area contributed by atoms with Crippen molar-refractivity contribution < 1.29 is 28.5 Å². The number of carbonyl (C=O) groups is 1. The van der Waals surface area contributed by atoms with Gasteiger partial charge in [-0.3, -0.25) is 0 Å². The van der Waals surface area contributed by atoms with Crippen molar-refractivity contribution in [2.45, 2.75) is 96.2 Å². The van der Waals surface area contributed by atoms with Gasteiger partial charge in [0.15, 0.2) is 8.32 Å². The fourth-order valence-corrected chi connectivity index (χ4v) is 7.36. The molecule has 7 nitrogen and oxygen atoms in total. The van der Waals surface area contributed by atoms with E-state index in [4.69, 9.17) is 23.6 Å². The average Bonchev–Trinajstić information content (AvgIpc) is 3.55. The number of thiazole rings is 1. The van der Waals surface area contributed by atoms with E-state index in [-0.39, 0.29) is 22.8 Å². The summed E-state index contributed by atoms with van der Waals surface area (Å²) >= 11 is 1.52. The van der Waals surface area contributed by atoms with Gasteiger partial charge < -0.3 is 23.7 Å². The minimum Gasteiger partial charge on any atom is -0.496 e. The number of hydrogen-bond donors (Lipinski definition) is 1. The lowest BCUT2D eigenvalue weighted by Gasteiger charge is -2.42. The van der Waals surface area contributed by atoms with Crippen molar-refractivity contribution >= 4 is 35.8 Å². The molecular weight excluding hydrogens is 542 g/mol. The fraction of sp³-hybridized carbons (Fsp3) is 0.548. The molecule has 1 heterocycles. The highest BCUT2D eigenvalue weighted by Crippen LogP contribution is 2.44. The van der Waals surface area contributed by atoms with Gasteiger partial charge in [-0.05, 0) is 67.7 Å². The number of benzene rings is 2. The number of carboxylic acid groups (broad SMARTS) is 1. The molecule has 2 unspecified atom stereocenters. The summed E-state index contributed by atoms with van der Waals surface area (Å²) in [6.07, 6.45) is 4.28. The van der Waals surface area contributed by atoms with Gasteiger partial charge in [-0.15, -0.1) is 11.3 Å². The van der Waals surface area contributed by atoms with Crippen LogP contribution in [0.3, 0.4) is 0 Å². The molecule has 0 bridgehead atoms. The molecular formula is C31H43NO6SSi. The number of aromatic carboxylic acids is 1. The van der Waals surface area contributed by atoms with E-state index >= 15 is 0 Å². The molecule has 0 amide bonds. The summed E-state index contributed by atoms with van der Waals surface area (Å²) in [6, 6.07) is 9.39. The van der Waals surface area contributed by atoms with E-state index in [0.717, 1.165) is 58.0 Å². The molecule has 1 aliphatic carbocycles. The van der Waals surface area contributed by atoms with Crippen molar-refractivity contribution in [1.29, 1.82) is 0 Å². The number of para-hydroxylation sites is 1. The molecule has 1 saturated carbocycles. The SMILES string of the molecule is COc1cc(C(O[Si](C)(C)C(C)(C)C)C(Cc2nc3c(C(=O)O)cccc3s2)OC2CCCC2)cc(OC)c1C. The Morgan fingerprint density at radius 1 is 1.12 bits per heavy atom. The quantitative estimate of drug-likeness (QED) is 0.228. The number of nitrogens with zero attached hydrogens (tertiary/aromatic N) is 1. The highest BCUT2D eigenvalue weighted by Gasteiger charge is 2.42. The van der Waals surface area contributed by atoms with Gasteiger partial charge in [-0.1, -0.05) is 39.7 Å². The summed E-state index contributed by atoms with van der Waals surface area (Å²) in [5.74, 6) is 0.506. The van der Waals surface area contributed by atoms with E-state index in [9.17, 15) is 9.90 Å². The molecule has 1 aromatic heterocycles. The summed E-state index contributed by atoms with van der Waals surface area (Å²) in [4.78, 5) is 16.7. The number of ether oxygens (including phenoxy) is 3. The lowest BCUT2D eigenvalue weighted by Crippen LogP contribution is -2.45. The molecule has 1 aliphatic rings. The van der Waals surface area contributed by atoms with Gasteiger partial charge in [0.25, 0.3) is 0 Å². The highest BCUT2D eigenvalue weighted by atomic mass is 32.1. The van der Waals surface area contributed by atoms with Crippen LogP contribution in [0.4, 0.5) is 0 Å². The molecule has 40 heavy (non-hydrogen) atoms. The van der Waals surface area contributed by atoms with Gasteiger partial charge in [0.2, 0.25) is 0 Å². The molecule has 2 aromatic carbocycles. The van der Waals surface area contributed by atoms with Crippen LogP contribution in [0.25, 0.3) is 10.2 Å². The fourth-order valence-electron chi connectivity index (χ4n) is 5.05. The highest BCUT2D eigenvalue weighted by molar-refractivity contribution is 7.18. The van der Waals surface area contributed by atoms with Gasteiger partial charge in [0.05, 0.1) is 53.3 Å². The van der Waals surface area contributed by atoms with E-state index in [1.165, 1.54) is 11.3 Å². The molecule has 0 spiro atoms. The Morgan fingerprint density at radius 2 is 1.75 bits per heavy atom. The molecule has 0 radical (unpaired) electrons. The second-order valence-electron chi connectivity index (χ2n) is 12.2. The maximum absolute atomic E-state index is 11.9. The van der Waals surface area contributed by atoms with Crippen molar-refractivity contribution in [3.8, 4) is 11.5 Å². The molecule has 0 saturated heterocycles. The molecule has 1 fully saturated rings. The summed E-state index contributed by atoms with van der Waals surface area (Å²) < 4.78 is 26.5. The summed E-state index contributed by atoms with van der Waals surface area (Å²) in [6.45, 7) is 13.2. The van der Waals surface area contributed by atoms with E-state index in [0.29, 0.717) is 11.9 Å². The number of fused-ring (bicyclic) bond motifs is 1. The van der Waals surface area contributed by atoms with Gasteiger partial charge in [-0.2, -0.15) is 0 Å². The third-order valence-electron chi connectivity index (χ3n) is 8.41. The monoisotopic (exact) mass is 585 g/mol. The topological polar surface area (TPSA) is 87.1 Å². The molecule has 3 aromatic rings. The smallest absolute Gasteiger partial charge is 0.337 e. The van der Waals surface area contributed by atoms with Crippen LogP contribution in [-0.4, -0.2) is 50.8 Å². The van der Waals surface area contributed by atoms with Gasteiger partial charge in [-0.25, -0.2) is 9.78 Å². The first-order chi connectivity index (χ1) is 18.8. The Labute approximate surface area is 243 Å². The zero-order valence-corrected chi connectivity index (χ0v) is 26.8. The van der Waals surface area contributed by atoms with Crippen molar-refractivity contribution in [3.63, 3.8) is 0 Å². The summed E-state index contributed by atoms with van der Waals surface area (Å²) in [5.41, 5.74) is 2.62. The minimum absolute atomic E-state index is 0.0196. The van der Waals surface area contributed by atoms with Gasteiger partial charge >= 0.3 is 5.97 Å². The summed E-state index contributed by atoms with van der Waals surface area (Å²) in [5, 5.41) is 10.5. The van der Waals surface area contributed by atoms with E-state index < -0.39 is 20.4 Å². The van der Waals surface area contributed by atoms with Crippen molar-refractivity contribution in [3.05, 3.63) is 52.0 Å². The van der Waals surface area contributed by atoms with Crippen LogP contribution < -0.4 is 9.47 Å². The predicted molar refractivity (Wildman–Crippen MR) is 163 cm³/mol. The first-order valence-electron chi connectivity index (χ1n) is 14.0. The number of carboxylic acids is 1. The third kappa shape index (κ3) is 6.54. The Bertz CT molecular complexity index is 1320. The Kier molecular flexibility index (Phi) is 9.29. The normalized spacial score (nSPS) is 16.3. The lowest BCUT2D eigenvalue weighted by molar-refractivity contribution is -0.0704. The van der Waals surface area contributed by atoms with E-state index in [1.807, 2.05) is 25.1 Å². The third-order valence-corrected chi connectivity index (χ3v) is 13.9. The molecule has 218 valence electrons. The molecule has 9 heteroatoms. The van der Waals surface area contributed by atoms with Gasteiger partial charge in [0.1, 0.15) is 11.5 Å². The largest absolute Gasteiger partial charge is 0.496 e. The van der Waals surface area contributed by atoms with Crippen LogP contribution in [0.2, 0.25) is 18.1 Å². The van der Waals surface area contributed by atoms with Crippen molar-refractivity contribution in [2.75, 3.05) is 14.2 Å². The first kappa shape index (κ1) is 30.5. The lowest BCUT2D eigenvalue weighted by atomic mass is 9.99. The molecule has 1 N–H and O–H groups in total. The number of aromatic nitrogens is 1.